The highest BCUT2D eigenvalue weighted by Gasteiger charge is 2.04. The fourth-order valence-corrected chi connectivity index (χ4v) is 1.81. The van der Waals surface area contributed by atoms with Crippen LogP contribution in [0.2, 0.25) is 0 Å². The molecule has 1 heterocycles. The third-order valence-corrected chi connectivity index (χ3v) is 2.83. The molecule has 0 radical (unpaired) electrons. The van der Waals surface area contributed by atoms with Crippen molar-refractivity contribution >= 4 is 11.6 Å². The maximum atomic E-state index is 5.84. The Bertz CT molecular complexity index is 595. The molecule has 0 saturated heterocycles. The molecule has 3 N–H and O–H groups in total. The number of hydrogen-bond acceptors (Lipinski definition) is 4. The van der Waals surface area contributed by atoms with Crippen molar-refractivity contribution in [3.05, 3.63) is 36.7 Å². The van der Waals surface area contributed by atoms with Crippen LogP contribution in [-0.4, -0.2) is 36.5 Å². The van der Waals surface area contributed by atoms with Crippen LogP contribution < -0.4 is 20.5 Å². The molecule has 0 amide bonds. The average molecular weight is 289 g/mol. The topological polar surface area (TPSA) is 86.7 Å². The van der Waals surface area contributed by atoms with Gasteiger partial charge in [-0.2, -0.15) is 5.10 Å². The van der Waals surface area contributed by atoms with E-state index in [0.717, 1.165) is 5.69 Å². The predicted octanol–water partition coefficient (Wildman–Crippen LogP) is 1.33. The van der Waals surface area contributed by atoms with Gasteiger partial charge in [-0.05, 0) is 18.2 Å². The molecule has 7 nitrogen and oxygen atoms in total. The lowest BCUT2D eigenvalue weighted by atomic mass is 10.3. The van der Waals surface area contributed by atoms with Crippen molar-refractivity contribution in [1.82, 2.24) is 9.78 Å². The number of anilines is 1. The van der Waals surface area contributed by atoms with Gasteiger partial charge >= 0.3 is 0 Å². The molecule has 2 rings (SSSR count). The molecule has 0 aliphatic rings. The minimum Gasteiger partial charge on any atom is -0.493 e. The van der Waals surface area contributed by atoms with Crippen molar-refractivity contribution in [2.45, 2.75) is 6.54 Å². The zero-order chi connectivity index (χ0) is 15.1. The minimum absolute atomic E-state index is 0.342. The van der Waals surface area contributed by atoms with Gasteiger partial charge in [-0.15, -0.1) is 0 Å². The first kappa shape index (κ1) is 14.7. The van der Waals surface area contributed by atoms with E-state index in [-0.39, 0.29) is 0 Å². The number of aliphatic imine (C=N–C) groups is 1. The van der Waals surface area contributed by atoms with Crippen molar-refractivity contribution in [3.8, 4) is 11.5 Å². The van der Waals surface area contributed by atoms with E-state index in [0.29, 0.717) is 30.5 Å². The Morgan fingerprint density at radius 2 is 2.14 bits per heavy atom. The standard InChI is InChI=1S/C14H19N5O2/c1-20-12-5-4-11(10-13(12)21-2)18-14(15)16-7-9-19-8-3-6-17-19/h3-6,8,10H,7,9H2,1-2H3,(H3,15,16,18). The first-order valence-corrected chi connectivity index (χ1v) is 6.49. The predicted molar refractivity (Wildman–Crippen MR) is 81.9 cm³/mol. The lowest BCUT2D eigenvalue weighted by Crippen LogP contribution is -2.23. The van der Waals surface area contributed by atoms with E-state index in [1.807, 2.05) is 18.3 Å². The summed E-state index contributed by atoms with van der Waals surface area (Å²) in [4.78, 5) is 4.24. The van der Waals surface area contributed by atoms with Gasteiger partial charge < -0.3 is 20.5 Å². The molecule has 0 unspecified atom stereocenters. The second-order valence-electron chi connectivity index (χ2n) is 4.23. The molecular weight excluding hydrogens is 270 g/mol. The van der Waals surface area contributed by atoms with Crippen LogP contribution in [0.3, 0.4) is 0 Å². The van der Waals surface area contributed by atoms with E-state index >= 15 is 0 Å². The van der Waals surface area contributed by atoms with Gasteiger partial charge in [-0.1, -0.05) is 0 Å². The van der Waals surface area contributed by atoms with Crippen LogP contribution in [0.25, 0.3) is 0 Å². The maximum Gasteiger partial charge on any atom is 0.193 e. The van der Waals surface area contributed by atoms with Crippen LogP contribution >= 0.6 is 0 Å². The van der Waals surface area contributed by atoms with Crippen molar-refractivity contribution < 1.29 is 9.47 Å². The number of nitrogens with zero attached hydrogens (tertiary/aromatic N) is 3. The third-order valence-electron chi connectivity index (χ3n) is 2.83. The number of nitrogens with one attached hydrogen (secondary N) is 1. The Balaban J connectivity index is 1.93. The van der Waals surface area contributed by atoms with Gasteiger partial charge in [0, 0.05) is 24.1 Å². The summed E-state index contributed by atoms with van der Waals surface area (Å²) in [7, 11) is 3.18. The van der Waals surface area contributed by atoms with Crippen molar-refractivity contribution in [1.29, 1.82) is 0 Å². The number of hydrogen-bond donors (Lipinski definition) is 2. The summed E-state index contributed by atoms with van der Waals surface area (Å²) in [6.45, 7) is 1.23. The molecule has 112 valence electrons. The van der Waals surface area contributed by atoms with Crippen LogP contribution in [0.4, 0.5) is 5.69 Å². The molecule has 0 aliphatic carbocycles. The Kier molecular flexibility index (Phi) is 5.03. The lowest BCUT2D eigenvalue weighted by molar-refractivity contribution is 0.355. The van der Waals surface area contributed by atoms with E-state index in [2.05, 4.69) is 15.4 Å². The number of guanidine groups is 1. The van der Waals surface area contributed by atoms with Crippen molar-refractivity contribution in [3.63, 3.8) is 0 Å². The van der Waals surface area contributed by atoms with Gasteiger partial charge in [0.2, 0.25) is 0 Å². The smallest absolute Gasteiger partial charge is 0.193 e. The zero-order valence-electron chi connectivity index (χ0n) is 12.1. The molecule has 0 spiro atoms. The quantitative estimate of drug-likeness (QED) is 0.619. The highest BCUT2D eigenvalue weighted by molar-refractivity contribution is 5.92. The highest BCUT2D eigenvalue weighted by atomic mass is 16.5. The SMILES string of the molecule is COc1ccc(NC(N)=NCCn2cccn2)cc1OC. The number of rotatable bonds is 6. The Hall–Kier alpha value is -2.70. The first-order chi connectivity index (χ1) is 10.2. The highest BCUT2D eigenvalue weighted by Crippen LogP contribution is 2.29. The second kappa shape index (κ2) is 7.18. The summed E-state index contributed by atoms with van der Waals surface area (Å²) in [6.07, 6.45) is 3.61. The maximum absolute atomic E-state index is 5.84. The largest absolute Gasteiger partial charge is 0.493 e. The van der Waals surface area contributed by atoms with E-state index in [4.69, 9.17) is 15.2 Å². The van der Waals surface area contributed by atoms with Gasteiger partial charge in [0.25, 0.3) is 0 Å². The molecule has 0 atom stereocenters. The summed E-state index contributed by atoms with van der Waals surface area (Å²) in [5, 5.41) is 7.11. The molecule has 1 aromatic heterocycles. The molecule has 7 heteroatoms. The van der Waals surface area contributed by atoms with E-state index in [1.165, 1.54) is 0 Å². The zero-order valence-corrected chi connectivity index (χ0v) is 12.1. The molecule has 21 heavy (non-hydrogen) atoms. The van der Waals surface area contributed by atoms with Crippen LogP contribution in [0.15, 0.2) is 41.7 Å². The van der Waals surface area contributed by atoms with Gasteiger partial charge in [0.05, 0.1) is 27.3 Å². The van der Waals surface area contributed by atoms with Gasteiger partial charge in [0.15, 0.2) is 17.5 Å². The summed E-state index contributed by atoms with van der Waals surface area (Å²) >= 11 is 0. The second-order valence-corrected chi connectivity index (χ2v) is 4.23. The molecule has 0 saturated carbocycles. The average Bonchev–Trinajstić information content (AvgIpc) is 3.00. The Morgan fingerprint density at radius 1 is 1.33 bits per heavy atom. The monoisotopic (exact) mass is 289 g/mol. The molecule has 0 fully saturated rings. The first-order valence-electron chi connectivity index (χ1n) is 6.49. The van der Waals surface area contributed by atoms with Crippen molar-refractivity contribution in [2.24, 2.45) is 10.7 Å². The molecule has 0 bridgehead atoms. The molecule has 1 aromatic carbocycles. The van der Waals surface area contributed by atoms with Crippen LogP contribution in [0.1, 0.15) is 0 Å². The fraction of sp³-hybridized carbons (Fsp3) is 0.286. The fourth-order valence-electron chi connectivity index (χ4n) is 1.81. The van der Waals surface area contributed by atoms with E-state index in [9.17, 15) is 0 Å². The van der Waals surface area contributed by atoms with Crippen LogP contribution in [0, 0.1) is 0 Å². The summed E-state index contributed by atoms with van der Waals surface area (Å²) in [5.41, 5.74) is 6.63. The molecule has 0 aliphatic heterocycles. The molecular formula is C14H19N5O2. The Labute approximate surface area is 123 Å². The lowest BCUT2D eigenvalue weighted by Gasteiger charge is -2.10. The van der Waals surface area contributed by atoms with E-state index < -0.39 is 0 Å². The number of ether oxygens (including phenoxy) is 2. The molecule has 2 aromatic rings. The summed E-state index contributed by atoms with van der Waals surface area (Å²) in [6, 6.07) is 7.32. The summed E-state index contributed by atoms with van der Waals surface area (Å²) in [5.74, 6) is 1.64. The Morgan fingerprint density at radius 3 is 2.81 bits per heavy atom. The van der Waals surface area contributed by atoms with Gasteiger partial charge in [-0.25, -0.2) is 0 Å². The number of benzene rings is 1. The van der Waals surface area contributed by atoms with Crippen LogP contribution in [0.5, 0.6) is 11.5 Å². The van der Waals surface area contributed by atoms with Crippen molar-refractivity contribution in [2.75, 3.05) is 26.1 Å². The van der Waals surface area contributed by atoms with Crippen LogP contribution in [-0.2, 0) is 6.54 Å². The number of aromatic nitrogens is 2. The normalized spacial score (nSPS) is 11.2. The number of methoxy groups -OCH3 is 2. The van der Waals surface area contributed by atoms with E-state index in [1.54, 1.807) is 37.2 Å². The van der Waals surface area contributed by atoms with Gasteiger partial charge in [-0.3, -0.25) is 9.67 Å². The third kappa shape index (κ3) is 4.13. The number of nitrogens with two attached hydrogens (primary N) is 1. The minimum atomic E-state index is 0.342. The van der Waals surface area contributed by atoms with Gasteiger partial charge in [0.1, 0.15) is 0 Å². The summed E-state index contributed by atoms with van der Waals surface area (Å²) < 4.78 is 12.2.